The molecule has 0 amide bonds. The van der Waals surface area contributed by atoms with Crippen LogP contribution in [0.3, 0.4) is 0 Å². The molecule has 29 heavy (non-hydrogen) atoms. The number of fused-ring (bicyclic) bond motifs is 2. The van der Waals surface area contributed by atoms with Gasteiger partial charge in [-0.1, -0.05) is 48.9 Å². The molecule has 4 nitrogen and oxygen atoms in total. The molecule has 2 aromatic carbocycles. The predicted octanol–water partition coefficient (Wildman–Crippen LogP) is 5.48. The number of pyridine rings is 1. The van der Waals surface area contributed by atoms with Gasteiger partial charge in [0.15, 0.2) is 0 Å². The van der Waals surface area contributed by atoms with E-state index in [1.54, 1.807) is 11.3 Å². The van der Waals surface area contributed by atoms with Gasteiger partial charge in [0, 0.05) is 21.5 Å². The van der Waals surface area contributed by atoms with E-state index in [4.69, 9.17) is 4.98 Å². The Kier molecular flexibility index (Phi) is 4.78. The Hall–Kier alpha value is -2.76. The molecule has 3 heterocycles. The first-order valence-corrected chi connectivity index (χ1v) is 10.8. The molecule has 1 aliphatic heterocycles. The summed E-state index contributed by atoms with van der Waals surface area (Å²) in [6.45, 7) is 0.768. The lowest BCUT2D eigenvalue weighted by atomic mass is 9.97. The minimum atomic E-state index is -0.739. The minimum absolute atomic E-state index is 0.154. The van der Waals surface area contributed by atoms with E-state index in [1.807, 2.05) is 30.3 Å². The fourth-order valence-electron chi connectivity index (χ4n) is 4.38. The molecule has 1 N–H and O–H groups in total. The van der Waals surface area contributed by atoms with Crippen molar-refractivity contribution in [2.45, 2.75) is 31.3 Å². The first-order chi connectivity index (χ1) is 14.2. The maximum atomic E-state index is 12.1. The highest BCUT2D eigenvalue weighted by molar-refractivity contribution is 7.19. The van der Waals surface area contributed by atoms with Gasteiger partial charge in [-0.25, -0.2) is 0 Å². The number of carboxylic acid groups (broad SMARTS) is 1. The van der Waals surface area contributed by atoms with Gasteiger partial charge in [-0.3, -0.25) is 14.7 Å². The van der Waals surface area contributed by atoms with E-state index >= 15 is 0 Å². The summed E-state index contributed by atoms with van der Waals surface area (Å²) in [5.74, 6) is -0.739. The Morgan fingerprint density at radius 1 is 1.03 bits per heavy atom. The molecule has 2 unspecified atom stereocenters. The van der Waals surface area contributed by atoms with Gasteiger partial charge in [0.25, 0.3) is 0 Å². The molecule has 1 aliphatic rings. The summed E-state index contributed by atoms with van der Waals surface area (Å²) in [6.07, 6.45) is 2.65. The van der Waals surface area contributed by atoms with Crippen LogP contribution >= 0.6 is 11.3 Å². The van der Waals surface area contributed by atoms with Gasteiger partial charge in [-0.15, -0.1) is 11.3 Å². The lowest BCUT2D eigenvalue weighted by molar-refractivity contribution is -0.145. The molecule has 0 spiro atoms. The fourth-order valence-corrected chi connectivity index (χ4v) is 5.58. The van der Waals surface area contributed by atoms with Crippen molar-refractivity contribution in [3.63, 3.8) is 0 Å². The number of para-hydroxylation sites is 1. The zero-order chi connectivity index (χ0) is 19.8. The predicted molar refractivity (Wildman–Crippen MR) is 117 cm³/mol. The highest BCUT2D eigenvalue weighted by Crippen LogP contribution is 2.39. The number of carboxylic acids is 1. The van der Waals surface area contributed by atoms with Crippen LogP contribution in [0, 0.1) is 0 Å². The second-order valence-corrected chi connectivity index (χ2v) is 8.72. The third-order valence-corrected chi connectivity index (χ3v) is 6.94. The summed E-state index contributed by atoms with van der Waals surface area (Å²) in [5.41, 5.74) is 1.86. The van der Waals surface area contributed by atoms with Gasteiger partial charge in [-0.2, -0.15) is 0 Å². The molecule has 0 radical (unpaired) electrons. The number of likely N-dealkylation sites (tertiary alicyclic amines) is 1. The quantitative estimate of drug-likeness (QED) is 0.491. The number of hydrogen-bond acceptors (Lipinski definition) is 4. The molecule has 146 valence electrons. The summed E-state index contributed by atoms with van der Waals surface area (Å²) < 4.78 is 1.22. The first kappa shape index (κ1) is 18.3. The van der Waals surface area contributed by atoms with E-state index in [0.717, 1.165) is 40.9 Å². The average Bonchev–Trinajstić information content (AvgIpc) is 3.17. The number of rotatable bonds is 4. The molecule has 2 aromatic heterocycles. The molecule has 2 atom stereocenters. The van der Waals surface area contributed by atoms with Crippen molar-refractivity contribution >= 4 is 38.3 Å². The van der Waals surface area contributed by atoms with Crippen molar-refractivity contribution in [3.8, 4) is 0 Å². The van der Waals surface area contributed by atoms with Crippen LogP contribution in [0.15, 0.2) is 66.7 Å². The van der Waals surface area contributed by atoms with Crippen LogP contribution in [0.5, 0.6) is 0 Å². The van der Waals surface area contributed by atoms with E-state index in [0.29, 0.717) is 6.42 Å². The number of aromatic nitrogens is 1. The van der Waals surface area contributed by atoms with Gasteiger partial charge in [0.2, 0.25) is 0 Å². The normalized spacial score (nSPS) is 18.8. The largest absolute Gasteiger partial charge is 0.480 e. The number of benzene rings is 2. The molecular weight excluding hydrogens is 380 g/mol. The van der Waals surface area contributed by atoms with Crippen molar-refractivity contribution < 1.29 is 9.90 Å². The number of thiophene rings is 1. The maximum Gasteiger partial charge on any atom is 0.320 e. The first-order valence-electron chi connectivity index (χ1n) is 10.0. The van der Waals surface area contributed by atoms with Crippen molar-refractivity contribution in [2.75, 3.05) is 6.54 Å². The topological polar surface area (TPSA) is 53.4 Å². The molecule has 5 rings (SSSR count). The number of aliphatic carboxylic acids is 1. The second-order valence-electron chi connectivity index (χ2n) is 7.61. The Balaban J connectivity index is 1.67. The Morgan fingerprint density at radius 3 is 2.66 bits per heavy atom. The lowest BCUT2D eigenvalue weighted by Crippen LogP contribution is -2.46. The van der Waals surface area contributed by atoms with Crippen molar-refractivity contribution in [1.82, 2.24) is 9.88 Å². The van der Waals surface area contributed by atoms with Gasteiger partial charge >= 0.3 is 5.97 Å². The average molecular weight is 403 g/mol. The van der Waals surface area contributed by atoms with E-state index in [-0.39, 0.29) is 6.04 Å². The van der Waals surface area contributed by atoms with Gasteiger partial charge in [0.1, 0.15) is 6.04 Å². The van der Waals surface area contributed by atoms with Crippen molar-refractivity contribution in [2.24, 2.45) is 0 Å². The monoisotopic (exact) mass is 402 g/mol. The molecule has 4 aromatic rings. The third-order valence-electron chi connectivity index (χ3n) is 5.78. The molecule has 1 fully saturated rings. The minimum Gasteiger partial charge on any atom is -0.480 e. The number of piperidine rings is 1. The molecule has 1 saturated heterocycles. The summed E-state index contributed by atoms with van der Waals surface area (Å²) in [5, 5.41) is 12.2. The lowest BCUT2D eigenvalue weighted by Gasteiger charge is -2.38. The van der Waals surface area contributed by atoms with Gasteiger partial charge in [0.05, 0.1) is 17.3 Å². The van der Waals surface area contributed by atoms with E-state index < -0.39 is 12.0 Å². The molecule has 0 aliphatic carbocycles. The second kappa shape index (κ2) is 7.58. The highest BCUT2D eigenvalue weighted by Gasteiger charge is 2.36. The highest BCUT2D eigenvalue weighted by atomic mass is 32.1. The summed E-state index contributed by atoms with van der Waals surface area (Å²) >= 11 is 1.74. The van der Waals surface area contributed by atoms with E-state index in [2.05, 4.69) is 41.3 Å². The smallest absolute Gasteiger partial charge is 0.320 e. The summed E-state index contributed by atoms with van der Waals surface area (Å²) in [4.78, 5) is 20.3. The number of nitrogens with zero attached hydrogens (tertiary/aromatic N) is 2. The Bertz CT molecular complexity index is 1150. The zero-order valence-corrected chi connectivity index (χ0v) is 16.8. The molecule has 5 heteroatoms. The van der Waals surface area contributed by atoms with Crippen LogP contribution < -0.4 is 0 Å². The third kappa shape index (κ3) is 3.41. The summed E-state index contributed by atoms with van der Waals surface area (Å²) in [7, 11) is 0. The summed E-state index contributed by atoms with van der Waals surface area (Å²) in [6, 6.07) is 22.1. The molecular formula is C24H22N2O2S. The molecule has 0 saturated carbocycles. The fraction of sp³-hybridized carbons (Fsp3) is 0.250. The van der Waals surface area contributed by atoms with Crippen LogP contribution in [0.4, 0.5) is 0 Å². The van der Waals surface area contributed by atoms with Gasteiger partial charge < -0.3 is 5.11 Å². The van der Waals surface area contributed by atoms with Crippen LogP contribution in [0.25, 0.3) is 21.0 Å². The van der Waals surface area contributed by atoms with Crippen LogP contribution in [0.1, 0.15) is 35.9 Å². The standard InChI is InChI=1S/C24H22N2O2S/c27-24(28)20-10-5-6-14-26(20)23(22-15-17-8-2-4-11-21(17)29-22)19-13-12-16-7-1-3-9-18(16)25-19/h1-4,7-9,11-13,15,20,23H,5-6,10,14H2,(H,27,28). The number of carbonyl (C=O) groups is 1. The van der Waals surface area contributed by atoms with Crippen LogP contribution in [0.2, 0.25) is 0 Å². The van der Waals surface area contributed by atoms with Crippen LogP contribution in [-0.4, -0.2) is 33.5 Å². The zero-order valence-electron chi connectivity index (χ0n) is 16.0. The Morgan fingerprint density at radius 2 is 1.83 bits per heavy atom. The maximum absolute atomic E-state index is 12.1. The number of hydrogen-bond donors (Lipinski definition) is 1. The van der Waals surface area contributed by atoms with E-state index in [1.165, 1.54) is 10.1 Å². The van der Waals surface area contributed by atoms with Crippen molar-refractivity contribution in [3.05, 3.63) is 77.3 Å². The van der Waals surface area contributed by atoms with Gasteiger partial charge in [-0.05, 0) is 42.5 Å². The van der Waals surface area contributed by atoms with Crippen LogP contribution in [-0.2, 0) is 4.79 Å². The molecule has 0 bridgehead atoms. The SMILES string of the molecule is O=C(O)C1CCCCN1C(c1ccc2ccccc2n1)c1cc2ccccc2s1. The van der Waals surface area contributed by atoms with E-state index in [9.17, 15) is 9.90 Å². The van der Waals surface area contributed by atoms with Crippen molar-refractivity contribution in [1.29, 1.82) is 0 Å². The Labute approximate surface area is 173 Å².